The maximum absolute atomic E-state index is 13.2. The Hall–Kier alpha value is -3.18. The van der Waals surface area contributed by atoms with E-state index in [2.05, 4.69) is 9.97 Å². The highest BCUT2D eigenvalue weighted by Crippen LogP contribution is 2.48. The molecule has 31 heavy (non-hydrogen) atoms. The second-order valence-corrected chi connectivity index (χ2v) is 8.30. The highest BCUT2D eigenvalue weighted by Gasteiger charge is 2.39. The Morgan fingerprint density at radius 2 is 1.29 bits per heavy atom. The molecule has 2 nitrogen and oxygen atoms in total. The lowest BCUT2D eigenvalue weighted by molar-refractivity contribution is -0.137. The molecule has 0 bridgehead atoms. The first kappa shape index (κ1) is 19.8. The maximum Gasteiger partial charge on any atom is 0.416 e. The Bertz CT molecular complexity index is 1400. The zero-order chi connectivity index (χ0) is 21.8. The van der Waals surface area contributed by atoms with Crippen LogP contribution in [0.5, 0.6) is 0 Å². The number of para-hydroxylation sites is 1. The summed E-state index contributed by atoms with van der Waals surface area (Å²) in [5.41, 5.74) is 4.36. The molecule has 0 amide bonds. The molecule has 5 aromatic rings. The highest BCUT2D eigenvalue weighted by atomic mass is 35.5. The number of hydrogen-bond donors (Lipinski definition) is 2. The minimum Gasteiger partial charge on any atom is -0.361 e. The first-order valence-corrected chi connectivity index (χ1v) is 10.2. The van der Waals surface area contributed by atoms with E-state index in [0.717, 1.165) is 50.6 Å². The molecule has 1 unspecified atom stereocenters. The van der Waals surface area contributed by atoms with E-state index in [0.29, 0.717) is 5.56 Å². The lowest BCUT2D eigenvalue weighted by Gasteiger charge is -2.28. The smallest absolute Gasteiger partial charge is 0.361 e. The van der Waals surface area contributed by atoms with E-state index in [1.807, 2.05) is 61.8 Å². The molecule has 0 fully saturated rings. The van der Waals surface area contributed by atoms with Crippen LogP contribution in [0.4, 0.5) is 13.2 Å². The van der Waals surface area contributed by atoms with Crippen molar-refractivity contribution >= 4 is 33.4 Å². The quantitative estimate of drug-likeness (QED) is 0.273. The van der Waals surface area contributed by atoms with Gasteiger partial charge in [0.25, 0.3) is 0 Å². The number of H-pyrrole nitrogens is 2. The second kappa shape index (κ2) is 6.92. The Kier molecular flexibility index (Phi) is 4.41. The van der Waals surface area contributed by atoms with Gasteiger partial charge < -0.3 is 9.97 Å². The van der Waals surface area contributed by atoms with Gasteiger partial charge in [-0.15, -0.1) is 11.6 Å². The number of aromatic amines is 2. The second-order valence-electron chi connectivity index (χ2n) is 7.73. The normalized spacial score (nSPS) is 14.2. The Morgan fingerprint density at radius 1 is 0.710 bits per heavy atom. The molecular weight excluding hydrogens is 421 g/mol. The largest absolute Gasteiger partial charge is 0.416 e. The first-order valence-electron chi connectivity index (χ1n) is 9.80. The molecular formula is C25H18ClF3N2. The molecule has 0 aliphatic carbocycles. The standard InChI is InChI=1S/C25H18ClF3N2/c1-15-6-11-19-21(14-31-23(19)12-15)24(26,16-7-9-17(10-8-16)25(27,28)29)20-13-30-22-5-3-2-4-18(20)22/h2-14,30-31H,1H3. The molecule has 156 valence electrons. The van der Waals surface area contributed by atoms with Crippen molar-refractivity contribution < 1.29 is 13.2 Å². The van der Waals surface area contributed by atoms with E-state index >= 15 is 0 Å². The van der Waals surface area contributed by atoms with E-state index in [-0.39, 0.29) is 0 Å². The summed E-state index contributed by atoms with van der Waals surface area (Å²) in [6, 6.07) is 18.9. The summed E-state index contributed by atoms with van der Waals surface area (Å²) in [5.74, 6) is 0. The van der Waals surface area contributed by atoms with Crippen LogP contribution in [0.3, 0.4) is 0 Å². The van der Waals surface area contributed by atoms with Gasteiger partial charge in [-0.2, -0.15) is 13.2 Å². The zero-order valence-electron chi connectivity index (χ0n) is 16.5. The highest BCUT2D eigenvalue weighted by molar-refractivity contribution is 6.30. The van der Waals surface area contributed by atoms with E-state index < -0.39 is 16.6 Å². The van der Waals surface area contributed by atoms with Crippen molar-refractivity contribution in [3.63, 3.8) is 0 Å². The number of halogens is 4. The van der Waals surface area contributed by atoms with Gasteiger partial charge in [0.05, 0.1) is 5.56 Å². The molecule has 3 aromatic carbocycles. The van der Waals surface area contributed by atoms with Crippen molar-refractivity contribution in [2.45, 2.75) is 18.0 Å². The Morgan fingerprint density at radius 3 is 1.97 bits per heavy atom. The van der Waals surface area contributed by atoms with Crippen molar-refractivity contribution in [2.75, 3.05) is 0 Å². The van der Waals surface area contributed by atoms with Crippen LogP contribution in [0.15, 0.2) is 79.1 Å². The number of benzene rings is 3. The molecule has 1 atom stereocenters. The van der Waals surface area contributed by atoms with Crippen LogP contribution in [-0.2, 0) is 11.1 Å². The number of rotatable bonds is 3. The summed E-state index contributed by atoms with van der Waals surface area (Å²) in [6.45, 7) is 2.00. The van der Waals surface area contributed by atoms with Crippen LogP contribution in [-0.4, -0.2) is 9.97 Å². The number of nitrogens with one attached hydrogen (secondary N) is 2. The van der Waals surface area contributed by atoms with Gasteiger partial charge in [-0.05, 0) is 42.3 Å². The van der Waals surface area contributed by atoms with E-state index in [1.165, 1.54) is 12.1 Å². The molecule has 2 N–H and O–H groups in total. The van der Waals surface area contributed by atoms with Crippen LogP contribution < -0.4 is 0 Å². The number of fused-ring (bicyclic) bond motifs is 2. The maximum atomic E-state index is 13.2. The van der Waals surface area contributed by atoms with Crippen molar-refractivity contribution in [1.82, 2.24) is 9.97 Å². The average Bonchev–Trinajstić information content (AvgIpc) is 3.37. The lowest BCUT2D eigenvalue weighted by atomic mass is 9.83. The third-order valence-electron chi connectivity index (χ3n) is 5.78. The van der Waals surface area contributed by atoms with Crippen LogP contribution in [0, 0.1) is 6.92 Å². The zero-order valence-corrected chi connectivity index (χ0v) is 17.3. The van der Waals surface area contributed by atoms with Gasteiger partial charge in [0.1, 0.15) is 4.87 Å². The molecule has 5 rings (SSSR count). The predicted molar refractivity (Wildman–Crippen MR) is 119 cm³/mol. The van der Waals surface area contributed by atoms with Gasteiger partial charge in [0, 0.05) is 45.3 Å². The van der Waals surface area contributed by atoms with Gasteiger partial charge in [-0.25, -0.2) is 0 Å². The Balaban J connectivity index is 1.80. The molecule has 2 heterocycles. The fraction of sp³-hybridized carbons (Fsp3) is 0.120. The average molecular weight is 439 g/mol. The van der Waals surface area contributed by atoms with Gasteiger partial charge in [-0.1, -0.05) is 42.5 Å². The van der Waals surface area contributed by atoms with Gasteiger partial charge in [0.15, 0.2) is 0 Å². The van der Waals surface area contributed by atoms with Crippen molar-refractivity contribution in [1.29, 1.82) is 0 Å². The lowest BCUT2D eigenvalue weighted by Crippen LogP contribution is -2.22. The van der Waals surface area contributed by atoms with Crippen molar-refractivity contribution in [3.8, 4) is 0 Å². The minimum absolute atomic E-state index is 0.563. The number of hydrogen-bond acceptors (Lipinski definition) is 0. The van der Waals surface area contributed by atoms with Crippen LogP contribution in [0.2, 0.25) is 0 Å². The molecule has 0 radical (unpaired) electrons. The molecule has 0 aliphatic heterocycles. The number of alkyl halides is 4. The molecule has 0 saturated carbocycles. The minimum atomic E-state index is -4.41. The molecule has 0 saturated heterocycles. The van der Waals surface area contributed by atoms with Gasteiger partial charge in [0.2, 0.25) is 0 Å². The van der Waals surface area contributed by atoms with Crippen LogP contribution >= 0.6 is 11.6 Å². The van der Waals surface area contributed by atoms with Gasteiger partial charge in [-0.3, -0.25) is 0 Å². The third-order valence-corrected chi connectivity index (χ3v) is 6.40. The van der Waals surface area contributed by atoms with Crippen LogP contribution in [0.1, 0.15) is 27.8 Å². The topological polar surface area (TPSA) is 31.6 Å². The van der Waals surface area contributed by atoms with E-state index in [1.54, 1.807) is 0 Å². The monoisotopic (exact) mass is 438 g/mol. The Labute approximate surface area is 181 Å². The van der Waals surface area contributed by atoms with E-state index in [4.69, 9.17) is 11.6 Å². The molecule has 6 heteroatoms. The van der Waals surface area contributed by atoms with E-state index in [9.17, 15) is 13.2 Å². The summed E-state index contributed by atoms with van der Waals surface area (Å²) in [4.78, 5) is 5.32. The van der Waals surface area contributed by atoms with Crippen molar-refractivity contribution in [3.05, 3.63) is 107 Å². The fourth-order valence-electron chi connectivity index (χ4n) is 4.23. The van der Waals surface area contributed by atoms with Crippen LogP contribution in [0.25, 0.3) is 21.8 Å². The summed E-state index contributed by atoms with van der Waals surface area (Å²) >= 11 is 7.44. The molecule has 2 aromatic heterocycles. The third kappa shape index (κ3) is 3.12. The molecule has 0 aliphatic rings. The summed E-state index contributed by atoms with van der Waals surface area (Å²) < 4.78 is 39.5. The summed E-state index contributed by atoms with van der Waals surface area (Å²) in [7, 11) is 0. The summed E-state index contributed by atoms with van der Waals surface area (Å²) in [6.07, 6.45) is -0.731. The molecule has 0 spiro atoms. The van der Waals surface area contributed by atoms with Crippen molar-refractivity contribution in [2.24, 2.45) is 0 Å². The number of aryl methyl sites for hydroxylation is 1. The van der Waals surface area contributed by atoms with Gasteiger partial charge >= 0.3 is 6.18 Å². The first-order chi connectivity index (χ1) is 14.8. The predicted octanol–water partition coefficient (Wildman–Crippen LogP) is 7.51. The number of aromatic nitrogens is 2. The fourth-order valence-corrected chi connectivity index (χ4v) is 4.67. The summed E-state index contributed by atoms with van der Waals surface area (Å²) in [5, 5.41) is 1.84. The SMILES string of the molecule is Cc1ccc2c(C(Cl)(c3ccc(C(F)(F)F)cc3)c3c[nH]c4ccccc34)c[nH]c2c1.